The number of rotatable bonds is 11. The van der Waals surface area contributed by atoms with Crippen LogP contribution in [-0.2, 0) is 23.8 Å². The summed E-state index contributed by atoms with van der Waals surface area (Å²) < 4.78 is 14.9. The first kappa shape index (κ1) is 22.0. The number of carbonyl (C=O) groups is 2. The normalized spacial score (nSPS) is 10.7. The quantitative estimate of drug-likeness (QED) is 0.446. The average molecular weight is 326 g/mol. The summed E-state index contributed by atoms with van der Waals surface area (Å²) in [5, 5.41) is 8.88. The average Bonchev–Trinajstić information content (AvgIpc) is 2.42. The van der Waals surface area contributed by atoms with Crippen LogP contribution in [-0.4, -0.2) is 69.1 Å². The zero-order chi connectivity index (χ0) is 15.4. The lowest BCUT2D eigenvalue weighted by atomic mass is 10.3. The number of hydrogen-bond donors (Lipinski definition) is 1. The number of halogens is 1. The van der Waals surface area contributed by atoms with Crippen LogP contribution in [0.4, 0.5) is 0 Å². The molecule has 0 amide bonds. The van der Waals surface area contributed by atoms with E-state index in [0.717, 1.165) is 6.08 Å². The van der Waals surface area contributed by atoms with E-state index in [1.165, 1.54) is 14.2 Å². The van der Waals surface area contributed by atoms with Gasteiger partial charge in [-0.15, -0.1) is 12.4 Å². The van der Waals surface area contributed by atoms with E-state index >= 15 is 0 Å². The third kappa shape index (κ3) is 10.1. The molecule has 1 N–H and O–H groups in total. The molecule has 0 fully saturated rings. The molecule has 0 rings (SSSR count). The van der Waals surface area contributed by atoms with Gasteiger partial charge < -0.3 is 24.2 Å². The smallest absolute Gasteiger partial charge is 0.354 e. The summed E-state index contributed by atoms with van der Waals surface area (Å²) in [4.78, 5) is 24.4. The Morgan fingerprint density at radius 1 is 1.10 bits per heavy atom. The Balaban J connectivity index is 0. The van der Waals surface area contributed by atoms with E-state index in [2.05, 4.69) is 0 Å². The number of ether oxygens (including phenoxy) is 3. The van der Waals surface area contributed by atoms with Gasteiger partial charge in [0.05, 0.1) is 25.9 Å². The van der Waals surface area contributed by atoms with E-state index in [0.29, 0.717) is 32.7 Å². The number of carboxylic acids is 1. The van der Waals surface area contributed by atoms with Gasteiger partial charge in [-0.3, -0.25) is 0 Å². The van der Waals surface area contributed by atoms with Crippen LogP contribution < -0.4 is 0 Å². The van der Waals surface area contributed by atoms with Gasteiger partial charge >= 0.3 is 11.9 Å². The Kier molecular flexibility index (Phi) is 14.3. The standard InChI is InChI=1S/C13H23NO6.ClH/c1-4-7-20-13(17)11(10-12(15)16)14(5-8-18-2)6-9-19-3;/h10H,4-9H2,1-3H3,(H,15,16);1H/b11-10-;. The second kappa shape index (κ2) is 13.7. The minimum atomic E-state index is -1.20. The monoisotopic (exact) mass is 325 g/mol. The number of esters is 1. The van der Waals surface area contributed by atoms with Gasteiger partial charge in [0.2, 0.25) is 0 Å². The number of hydrogen-bond acceptors (Lipinski definition) is 6. The van der Waals surface area contributed by atoms with Crippen molar-refractivity contribution in [2.24, 2.45) is 0 Å². The van der Waals surface area contributed by atoms with E-state index in [4.69, 9.17) is 19.3 Å². The molecule has 0 saturated carbocycles. The molecule has 0 bridgehead atoms. The molecule has 0 saturated heterocycles. The van der Waals surface area contributed by atoms with Gasteiger partial charge in [-0.2, -0.15) is 0 Å². The second-order valence-corrected chi connectivity index (χ2v) is 3.98. The fraction of sp³-hybridized carbons (Fsp3) is 0.692. The summed E-state index contributed by atoms with van der Waals surface area (Å²) in [7, 11) is 3.06. The molecular weight excluding hydrogens is 302 g/mol. The van der Waals surface area contributed by atoms with E-state index in [9.17, 15) is 9.59 Å². The molecule has 0 heterocycles. The highest BCUT2D eigenvalue weighted by molar-refractivity contribution is 5.95. The van der Waals surface area contributed by atoms with Crippen molar-refractivity contribution in [3.63, 3.8) is 0 Å². The summed E-state index contributed by atoms with van der Waals surface area (Å²) >= 11 is 0. The van der Waals surface area contributed by atoms with Gasteiger partial charge in [0.25, 0.3) is 0 Å². The largest absolute Gasteiger partial charge is 0.478 e. The highest BCUT2D eigenvalue weighted by Gasteiger charge is 2.20. The molecule has 124 valence electrons. The van der Waals surface area contributed by atoms with Crippen molar-refractivity contribution in [3.05, 3.63) is 11.8 Å². The van der Waals surface area contributed by atoms with Gasteiger partial charge in [-0.05, 0) is 6.42 Å². The van der Waals surface area contributed by atoms with Gasteiger partial charge in [0, 0.05) is 27.3 Å². The first-order chi connectivity index (χ1) is 9.56. The number of carboxylic acid groups (broad SMARTS) is 1. The van der Waals surface area contributed by atoms with Crippen LogP contribution in [0.3, 0.4) is 0 Å². The van der Waals surface area contributed by atoms with Crippen molar-refractivity contribution in [2.75, 3.05) is 47.1 Å². The van der Waals surface area contributed by atoms with Crippen molar-refractivity contribution in [1.29, 1.82) is 0 Å². The number of aliphatic carboxylic acids is 1. The van der Waals surface area contributed by atoms with Crippen molar-refractivity contribution >= 4 is 24.3 Å². The SMILES string of the molecule is CCCOC(=O)/C(=C/C(=O)O)N(CCOC)CCOC.Cl. The van der Waals surface area contributed by atoms with Crippen LogP contribution in [0.2, 0.25) is 0 Å². The second-order valence-electron chi connectivity index (χ2n) is 3.98. The number of methoxy groups -OCH3 is 2. The van der Waals surface area contributed by atoms with E-state index < -0.39 is 11.9 Å². The summed E-state index contributed by atoms with van der Waals surface area (Å²) in [6, 6.07) is 0. The molecule has 7 nitrogen and oxygen atoms in total. The summed E-state index contributed by atoms with van der Waals surface area (Å²) in [5.41, 5.74) is 0.0000463. The minimum Gasteiger partial charge on any atom is -0.478 e. The van der Waals surface area contributed by atoms with Crippen LogP contribution in [0.15, 0.2) is 11.8 Å². The molecule has 0 aromatic carbocycles. The van der Waals surface area contributed by atoms with Crippen LogP contribution >= 0.6 is 12.4 Å². The molecule has 0 aromatic heterocycles. The van der Waals surface area contributed by atoms with Crippen LogP contribution in [0.5, 0.6) is 0 Å². The lowest BCUT2D eigenvalue weighted by Crippen LogP contribution is -2.35. The molecule has 0 aromatic rings. The molecule has 8 heteroatoms. The van der Waals surface area contributed by atoms with Crippen LogP contribution in [0, 0.1) is 0 Å². The van der Waals surface area contributed by atoms with Crippen molar-refractivity contribution in [2.45, 2.75) is 13.3 Å². The first-order valence-electron chi connectivity index (χ1n) is 6.41. The third-order valence-corrected chi connectivity index (χ3v) is 2.38. The zero-order valence-corrected chi connectivity index (χ0v) is 13.5. The van der Waals surface area contributed by atoms with Crippen LogP contribution in [0.25, 0.3) is 0 Å². The molecule has 0 radical (unpaired) electrons. The molecule has 0 aliphatic carbocycles. The van der Waals surface area contributed by atoms with Crippen molar-refractivity contribution in [3.8, 4) is 0 Å². The maximum absolute atomic E-state index is 11.9. The lowest BCUT2D eigenvalue weighted by molar-refractivity contribution is -0.142. The molecule has 21 heavy (non-hydrogen) atoms. The van der Waals surface area contributed by atoms with Gasteiger partial charge in [0.15, 0.2) is 0 Å². The predicted octanol–water partition coefficient (Wildman–Crippen LogP) is 0.925. The maximum Gasteiger partial charge on any atom is 0.354 e. The number of carbonyl (C=O) groups excluding carboxylic acids is 1. The van der Waals surface area contributed by atoms with E-state index in [1.807, 2.05) is 6.92 Å². The molecule has 0 aliphatic heterocycles. The maximum atomic E-state index is 11.9. The van der Waals surface area contributed by atoms with E-state index in [1.54, 1.807) is 4.90 Å². The summed E-state index contributed by atoms with van der Waals surface area (Å²) in [6.07, 6.45) is 1.52. The highest BCUT2D eigenvalue weighted by atomic mass is 35.5. The van der Waals surface area contributed by atoms with Crippen LogP contribution in [0.1, 0.15) is 13.3 Å². The fourth-order valence-corrected chi connectivity index (χ4v) is 1.42. The predicted molar refractivity (Wildman–Crippen MR) is 79.5 cm³/mol. The Morgan fingerprint density at radius 3 is 2.00 bits per heavy atom. The molecule has 0 atom stereocenters. The first-order valence-corrected chi connectivity index (χ1v) is 6.41. The van der Waals surface area contributed by atoms with Gasteiger partial charge in [-0.25, -0.2) is 9.59 Å². The molecule has 0 aliphatic rings. The van der Waals surface area contributed by atoms with Gasteiger partial charge in [0.1, 0.15) is 5.70 Å². The number of nitrogens with zero attached hydrogens (tertiary/aromatic N) is 1. The van der Waals surface area contributed by atoms with Crippen molar-refractivity contribution < 1.29 is 28.9 Å². The third-order valence-electron chi connectivity index (χ3n) is 2.38. The van der Waals surface area contributed by atoms with E-state index in [-0.39, 0.29) is 24.7 Å². The van der Waals surface area contributed by atoms with Gasteiger partial charge in [-0.1, -0.05) is 6.92 Å². The zero-order valence-electron chi connectivity index (χ0n) is 12.7. The summed E-state index contributed by atoms with van der Waals surface area (Å²) in [6.45, 7) is 3.59. The Morgan fingerprint density at radius 2 is 1.62 bits per heavy atom. The Bertz CT molecular complexity index is 327. The molecule has 0 spiro atoms. The Hall–Kier alpha value is -1.31. The Labute approximate surface area is 131 Å². The molecular formula is C13H24ClNO6. The minimum absolute atomic E-state index is 0. The highest BCUT2D eigenvalue weighted by Crippen LogP contribution is 2.08. The lowest BCUT2D eigenvalue weighted by Gasteiger charge is -2.25. The fourth-order valence-electron chi connectivity index (χ4n) is 1.42. The molecule has 0 unspecified atom stereocenters. The summed E-state index contributed by atoms with van der Waals surface area (Å²) in [5.74, 6) is -1.85. The topological polar surface area (TPSA) is 85.3 Å². The van der Waals surface area contributed by atoms with Crippen molar-refractivity contribution in [1.82, 2.24) is 4.90 Å².